The number of nitrogens with zero attached hydrogens (tertiary/aromatic N) is 4. The fourth-order valence-electron chi connectivity index (χ4n) is 3.28. The lowest BCUT2D eigenvalue weighted by Crippen LogP contribution is -2.42. The quantitative estimate of drug-likeness (QED) is 0.739. The molecule has 0 unspecified atom stereocenters. The number of pyridine rings is 1. The molecule has 2 N–H and O–H groups in total. The molecule has 0 radical (unpaired) electrons. The van der Waals surface area contributed by atoms with Gasteiger partial charge in [-0.25, -0.2) is 9.37 Å². The molecular formula is C19H21FN6. The van der Waals surface area contributed by atoms with Gasteiger partial charge in [-0.3, -0.25) is 10.1 Å². The Morgan fingerprint density at radius 2 is 1.88 bits per heavy atom. The van der Waals surface area contributed by atoms with E-state index in [0.717, 1.165) is 37.3 Å². The average Bonchev–Trinajstić information content (AvgIpc) is 3.17. The van der Waals surface area contributed by atoms with E-state index in [4.69, 9.17) is 0 Å². The number of para-hydroxylation sites is 1. The summed E-state index contributed by atoms with van der Waals surface area (Å²) in [6.45, 7) is 2.33. The Kier molecular flexibility index (Phi) is 4.88. The number of hydrogen-bond acceptors (Lipinski definition) is 5. The van der Waals surface area contributed by atoms with Gasteiger partial charge in [-0.2, -0.15) is 5.10 Å². The highest BCUT2D eigenvalue weighted by atomic mass is 19.1. The van der Waals surface area contributed by atoms with Crippen LogP contribution in [0.25, 0.3) is 11.4 Å². The molecule has 0 bridgehead atoms. The van der Waals surface area contributed by atoms with Crippen LogP contribution >= 0.6 is 0 Å². The molecule has 2 aromatic heterocycles. The smallest absolute Gasteiger partial charge is 0.181 e. The Hall–Kier alpha value is -2.80. The molecule has 6 nitrogen and oxygen atoms in total. The van der Waals surface area contributed by atoms with E-state index in [1.54, 1.807) is 18.5 Å². The van der Waals surface area contributed by atoms with Gasteiger partial charge in [-0.05, 0) is 37.1 Å². The first-order valence-corrected chi connectivity index (χ1v) is 8.84. The topological polar surface area (TPSA) is 69.7 Å². The van der Waals surface area contributed by atoms with E-state index in [-0.39, 0.29) is 5.82 Å². The monoisotopic (exact) mass is 352 g/mol. The molecule has 3 heterocycles. The summed E-state index contributed by atoms with van der Waals surface area (Å²) in [5.41, 5.74) is 1.64. The van der Waals surface area contributed by atoms with Crippen molar-refractivity contribution in [3.63, 3.8) is 0 Å². The number of piperidine rings is 1. The summed E-state index contributed by atoms with van der Waals surface area (Å²) in [6.07, 6.45) is 5.40. The first-order valence-electron chi connectivity index (χ1n) is 8.84. The lowest BCUT2D eigenvalue weighted by atomic mass is 10.0. The molecule has 0 saturated carbocycles. The molecule has 26 heavy (non-hydrogen) atoms. The van der Waals surface area contributed by atoms with Crippen LogP contribution in [0, 0.1) is 5.82 Å². The fraction of sp³-hybridized carbons (Fsp3) is 0.316. The highest BCUT2D eigenvalue weighted by molar-refractivity contribution is 5.52. The van der Waals surface area contributed by atoms with Crippen LogP contribution in [0.3, 0.4) is 0 Å². The molecule has 3 aromatic rings. The van der Waals surface area contributed by atoms with E-state index in [1.165, 1.54) is 6.07 Å². The van der Waals surface area contributed by atoms with Crippen molar-refractivity contribution in [1.29, 1.82) is 0 Å². The highest BCUT2D eigenvalue weighted by Crippen LogP contribution is 2.23. The molecule has 7 heteroatoms. The van der Waals surface area contributed by atoms with Crippen LogP contribution in [-0.4, -0.2) is 39.3 Å². The normalized spacial score (nSPS) is 15.3. The Bertz CT molecular complexity index is 842. The molecule has 0 aliphatic carbocycles. The largest absolute Gasteiger partial charge is 0.369 e. The van der Waals surface area contributed by atoms with Crippen molar-refractivity contribution in [2.75, 3.05) is 18.0 Å². The third kappa shape index (κ3) is 3.72. The summed E-state index contributed by atoms with van der Waals surface area (Å²) in [5.74, 6) is 1.34. The number of hydrogen-bond donors (Lipinski definition) is 2. The van der Waals surface area contributed by atoms with Crippen molar-refractivity contribution >= 4 is 5.69 Å². The number of aromatic amines is 1. The Morgan fingerprint density at radius 1 is 1.12 bits per heavy atom. The molecule has 0 spiro atoms. The van der Waals surface area contributed by atoms with Crippen LogP contribution in [-0.2, 0) is 6.54 Å². The van der Waals surface area contributed by atoms with E-state index < -0.39 is 0 Å². The van der Waals surface area contributed by atoms with E-state index in [9.17, 15) is 4.39 Å². The second kappa shape index (κ2) is 7.61. The van der Waals surface area contributed by atoms with Gasteiger partial charge < -0.3 is 10.2 Å². The molecule has 1 aromatic carbocycles. The van der Waals surface area contributed by atoms with Crippen molar-refractivity contribution in [1.82, 2.24) is 25.5 Å². The van der Waals surface area contributed by atoms with Gasteiger partial charge >= 0.3 is 0 Å². The predicted octanol–water partition coefficient (Wildman–Crippen LogP) is 2.76. The van der Waals surface area contributed by atoms with Gasteiger partial charge in [-0.15, -0.1) is 0 Å². The third-order valence-corrected chi connectivity index (χ3v) is 4.72. The summed E-state index contributed by atoms with van der Waals surface area (Å²) in [5, 5.41) is 10.8. The molecule has 1 aliphatic rings. The lowest BCUT2D eigenvalue weighted by molar-refractivity contribution is 0.407. The molecule has 4 rings (SSSR count). The van der Waals surface area contributed by atoms with Gasteiger partial charge in [0.15, 0.2) is 5.82 Å². The van der Waals surface area contributed by atoms with Gasteiger partial charge in [0, 0.05) is 37.1 Å². The zero-order valence-corrected chi connectivity index (χ0v) is 14.4. The van der Waals surface area contributed by atoms with Crippen molar-refractivity contribution in [2.45, 2.75) is 25.4 Å². The molecule has 0 atom stereocenters. The van der Waals surface area contributed by atoms with Crippen LogP contribution in [0.4, 0.5) is 10.1 Å². The van der Waals surface area contributed by atoms with Gasteiger partial charge in [0.25, 0.3) is 0 Å². The van der Waals surface area contributed by atoms with Gasteiger partial charge in [-0.1, -0.05) is 12.1 Å². The minimum absolute atomic E-state index is 0.149. The van der Waals surface area contributed by atoms with E-state index in [1.807, 2.05) is 24.3 Å². The zero-order chi connectivity index (χ0) is 17.8. The van der Waals surface area contributed by atoms with E-state index >= 15 is 0 Å². The van der Waals surface area contributed by atoms with Crippen LogP contribution in [0.2, 0.25) is 0 Å². The number of benzene rings is 1. The maximum Gasteiger partial charge on any atom is 0.181 e. The standard InChI is InChI=1S/C19H21FN6/c20-16-3-1-2-4-17(16)26-11-7-15(8-12-26)22-13-18-23-19(25-24-18)14-5-9-21-10-6-14/h1-6,9-10,15,22H,7-8,11-13H2,(H,23,24,25). The summed E-state index contributed by atoms with van der Waals surface area (Å²) in [7, 11) is 0. The third-order valence-electron chi connectivity index (χ3n) is 4.72. The molecule has 1 fully saturated rings. The maximum atomic E-state index is 13.9. The van der Waals surface area contributed by atoms with E-state index in [2.05, 4.69) is 30.4 Å². The van der Waals surface area contributed by atoms with Crippen molar-refractivity contribution in [3.8, 4) is 11.4 Å². The Balaban J connectivity index is 1.29. The van der Waals surface area contributed by atoms with Crippen LogP contribution in [0.5, 0.6) is 0 Å². The Morgan fingerprint density at radius 3 is 2.65 bits per heavy atom. The first kappa shape index (κ1) is 16.7. The number of anilines is 1. The van der Waals surface area contributed by atoms with Crippen molar-refractivity contribution in [2.24, 2.45) is 0 Å². The number of aromatic nitrogens is 4. The van der Waals surface area contributed by atoms with Gasteiger partial charge in [0.1, 0.15) is 11.6 Å². The second-order valence-electron chi connectivity index (χ2n) is 6.44. The SMILES string of the molecule is Fc1ccccc1N1CCC(NCc2nc(-c3ccncc3)n[nH]2)CC1. The van der Waals surface area contributed by atoms with Crippen LogP contribution in [0.15, 0.2) is 48.8 Å². The number of H-pyrrole nitrogens is 1. The highest BCUT2D eigenvalue weighted by Gasteiger charge is 2.21. The van der Waals surface area contributed by atoms with Crippen molar-refractivity contribution < 1.29 is 4.39 Å². The van der Waals surface area contributed by atoms with E-state index in [0.29, 0.717) is 24.1 Å². The minimum Gasteiger partial charge on any atom is -0.369 e. The fourth-order valence-corrected chi connectivity index (χ4v) is 3.28. The van der Waals surface area contributed by atoms with Crippen LogP contribution < -0.4 is 10.2 Å². The Labute approximate surface area is 151 Å². The summed E-state index contributed by atoms with van der Waals surface area (Å²) >= 11 is 0. The second-order valence-corrected chi connectivity index (χ2v) is 6.44. The number of rotatable bonds is 5. The number of halogens is 1. The summed E-state index contributed by atoms with van der Waals surface area (Å²) < 4.78 is 13.9. The van der Waals surface area contributed by atoms with Crippen molar-refractivity contribution in [3.05, 3.63) is 60.4 Å². The van der Waals surface area contributed by atoms with Gasteiger partial charge in [0.2, 0.25) is 0 Å². The maximum absolute atomic E-state index is 13.9. The molecule has 1 aliphatic heterocycles. The molecule has 0 amide bonds. The summed E-state index contributed by atoms with van der Waals surface area (Å²) in [6, 6.07) is 11.1. The zero-order valence-electron chi connectivity index (χ0n) is 14.4. The van der Waals surface area contributed by atoms with Crippen LogP contribution in [0.1, 0.15) is 18.7 Å². The summed E-state index contributed by atoms with van der Waals surface area (Å²) in [4.78, 5) is 10.6. The number of nitrogens with one attached hydrogen (secondary N) is 2. The molecule has 134 valence electrons. The first-order chi connectivity index (χ1) is 12.8. The molecular weight excluding hydrogens is 331 g/mol. The lowest BCUT2D eigenvalue weighted by Gasteiger charge is -2.34. The average molecular weight is 352 g/mol. The minimum atomic E-state index is -0.149. The molecule has 1 saturated heterocycles. The predicted molar refractivity (Wildman–Crippen MR) is 98.1 cm³/mol. The van der Waals surface area contributed by atoms with Gasteiger partial charge in [0.05, 0.1) is 12.2 Å².